The molecule has 146 valence electrons. The van der Waals surface area contributed by atoms with Gasteiger partial charge < -0.3 is 10.6 Å². The Morgan fingerprint density at radius 1 is 1.07 bits per heavy atom. The van der Waals surface area contributed by atoms with E-state index < -0.39 is 10.0 Å². The molecule has 0 unspecified atom stereocenters. The summed E-state index contributed by atoms with van der Waals surface area (Å²) in [6.07, 6.45) is 0. The first-order valence-electron chi connectivity index (χ1n) is 8.65. The van der Waals surface area contributed by atoms with Crippen LogP contribution in [0.4, 0.5) is 4.39 Å². The Morgan fingerprint density at radius 2 is 1.74 bits per heavy atom. The minimum Gasteiger partial charge on any atom is -0.357 e. The van der Waals surface area contributed by atoms with E-state index in [-0.39, 0.29) is 10.7 Å². The van der Waals surface area contributed by atoms with Gasteiger partial charge in [-0.1, -0.05) is 24.3 Å². The predicted molar refractivity (Wildman–Crippen MR) is 105 cm³/mol. The van der Waals surface area contributed by atoms with Crippen LogP contribution in [0.2, 0.25) is 0 Å². The summed E-state index contributed by atoms with van der Waals surface area (Å²) in [5.74, 6) is 0.364. The minimum absolute atomic E-state index is 0.218. The SMILES string of the molecule is CCNC(=NCc1ccc(C)c(F)c1)NCc1ccc(S(=O)(=O)NC)cc1. The summed E-state index contributed by atoms with van der Waals surface area (Å²) in [7, 11) is -2.06. The maximum Gasteiger partial charge on any atom is 0.240 e. The van der Waals surface area contributed by atoms with Crippen molar-refractivity contribution in [1.82, 2.24) is 15.4 Å². The van der Waals surface area contributed by atoms with Crippen LogP contribution in [0.1, 0.15) is 23.6 Å². The average Bonchev–Trinajstić information content (AvgIpc) is 2.67. The summed E-state index contributed by atoms with van der Waals surface area (Å²) >= 11 is 0. The van der Waals surface area contributed by atoms with Crippen molar-refractivity contribution in [2.24, 2.45) is 4.99 Å². The lowest BCUT2D eigenvalue weighted by Gasteiger charge is -2.12. The van der Waals surface area contributed by atoms with Crippen LogP contribution in [-0.2, 0) is 23.1 Å². The number of guanidine groups is 1. The molecule has 27 heavy (non-hydrogen) atoms. The van der Waals surface area contributed by atoms with Crippen LogP contribution >= 0.6 is 0 Å². The minimum atomic E-state index is -3.44. The van der Waals surface area contributed by atoms with E-state index >= 15 is 0 Å². The molecular formula is C19H25FN4O2S. The molecule has 0 bridgehead atoms. The normalized spacial score (nSPS) is 12.1. The molecule has 0 saturated carbocycles. The van der Waals surface area contributed by atoms with E-state index in [1.54, 1.807) is 37.3 Å². The summed E-state index contributed by atoms with van der Waals surface area (Å²) < 4.78 is 39.4. The third-order valence-corrected chi connectivity index (χ3v) is 5.39. The van der Waals surface area contributed by atoms with E-state index in [0.717, 1.165) is 11.1 Å². The van der Waals surface area contributed by atoms with Crippen LogP contribution in [0.25, 0.3) is 0 Å². The van der Waals surface area contributed by atoms with Crippen LogP contribution in [0.3, 0.4) is 0 Å². The maximum atomic E-state index is 13.6. The van der Waals surface area contributed by atoms with E-state index in [9.17, 15) is 12.8 Å². The zero-order valence-electron chi connectivity index (χ0n) is 15.7. The first kappa shape index (κ1) is 20.9. The van der Waals surface area contributed by atoms with Crippen molar-refractivity contribution in [3.05, 3.63) is 65.0 Å². The maximum absolute atomic E-state index is 13.6. The van der Waals surface area contributed by atoms with Crippen molar-refractivity contribution in [2.75, 3.05) is 13.6 Å². The first-order chi connectivity index (χ1) is 12.9. The Morgan fingerprint density at radius 3 is 2.33 bits per heavy atom. The summed E-state index contributed by atoms with van der Waals surface area (Å²) in [5, 5.41) is 6.32. The highest BCUT2D eigenvalue weighted by Gasteiger charge is 2.10. The van der Waals surface area contributed by atoms with Gasteiger partial charge in [-0.2, -0.15) is 0 Å². The molecule has 2 aromatic carbocycles. The second-order valence-electron chi connectivity index (χ2n) is 5.98. The number of benzene rings is 2. The lowest BCUT2D eigenvalue weighted by atomic mass is 10.1. The molecule has 0 saturated heterocycles. The Bertz CT molecular complexity index is 896. The van der Waals surface area contributed by atoms with Crippen molar-refractivity contribution in [1.29, 1.82) is 0 Å². The first-order valence-corrected chi connectivity index (χ1v) is 10.1. The monoisotopic (exact) mass is 392 g/mol. The molecule has 0 heterocycles. The molecule has 0 aliphatic heterocycles. The van der Waals surface area contributed by atoms with Crippen LogP contribution in [-0.4, -0.2) is 28.0 Å². The van der Waals surface area contributed by atoms with Gasteiger partial charge in [0.2, 0.25) is 10.0 Å². The van der Waals surface area contributed by atoms with Crippen molar-refractivity contribution in [2.45, 2.75) is 31.8 Å². The van der Waals surface area contributed by atoms with Crippen LogP contribution in [0, 0.1) is 12.7 Å². The fourth-order valence-corrected chi connectivity index (χ4v) is 3.07. The molecule has 2 rings (SSSR count). The van der Waals surface area contributed by atoms with E-state index in [4.69, 9.17) is 0 Å². The molecule has 0 aromatic heterocycles. The number of nitrogens with one attached hydrogen (secondary N) is 3. The number of aryl methyl sites for hydroxylation is 1. The third-order valence-electron chi connectivity index (χ3n) is 3.96. The van der Waals surface area contributed by atoms with Crippen molar-refractivity contribution in [3.8, 4) is 0 Å². The Balaban J connectivity index is 2.02. The summed E-state index contributed by atoms with van der Waals surface area (Å²) in [4.78, 5) is 4.68. The predicted octanol–water partition coefficient (Wildman–Crippen LogP) is 2.30. The lowest BCUT2D eigenvalue weighted by Crippen LogP contribution is -2.36. The highest BCUT2D eigenvalue weighted by Crippen LogP contribution is 2.11. The summed E-state index contributed by atoms with van der Waals surface area (Å²) in [6, 6.07) is 11.7. The van der Waals surface area contributed by atoms with Gasteiger partial charge in [0.25, 0.3) is 0 Å². The van der Waals surface area contributed by atoms with Gasteiger partial charge in [-0.25, -0.2) is 22.5 Å². The number of hydrogen-bond donors (Lipinski definition) is 3. The molecule has 6 nitrogen and oxygen atoms in total. The second-order valence-corrected chi connectivity index (χ2v) is 7.87. The van der Waals surface area contributed by atoms with Crippen molar-refractivity contribution in [3.63, 3.8) is 0 Å². The molecule has 0 aliphatic carbocycles. The molecular weight excluding hydrogens is 367 g/mol. The van der Waals surface area contributed by atoms with Crippen LogP contribution in [0.15, 0.2) is 52.4 Å². The van der Waals surface area contributed by atoms with Gasteiger partial charge >= 0.3 is 0 Å². The largest absolute Gasteiger partial charge is 0.357 e. The quantitative estimate of drug-likeness (QED) is 0.499. The number of halogens is 1. The van der Waals surface area contributed by atoms with Gasteiger partial charge in [-0.3, -0.25) is 0 Å². The van der Waals surface area contributed by atoms with Crippen molar-refractivity contribution >= 4 is 16.0 Å². The molecule has 0 aliphatic rings. The zero-order valence-corrected chi connectivity index (χ0v) is 16.5. The third kappa shape index (κ3) is 6.04. The summed E-state index contributed by atoms with van der Waals surface area (Å²) in [5.41, 5.74) is 2.31. The van der Waals surface area contributed by atoms with E-state index in [2.05, 4.69) is 20.3 Å². The Labute approximate surface area is 160 Å². The topological polar surface area (TPSA) is 82.6 Å². The summed E-state index contributed by atoms with van der Waals surface area (Å²) in [6.45, 7) is 5.20. The highest BCUT2D eigenvalue weighted by atomic mass is 32.2. The lowest BCUT2D eigenvalue weighted by molar-refractivity contribution is 0.588. The molecule has 3 N–H and O–H groups in total. The number of nitrogens with zero attached hydrogens (tertiary/aromatic N) is 1. The fourth-order valence-electron chi connectivity index (χ4n) is 2.34. The molecule has 0 fully saturated rings. The molecule has 0 radical (unpaired) electrons. The van der Waals surface area contributed by atoms with Gasteiger partial charge in [-0.15, -0.1) is 0 Å². The molecule has 2 aromatic rings. The van der Waals surface area contributed by atoms with Crippen molar-refractivity contribution < 1.29 is 12.8 Å². The number of sulfonamides is 1. The highest BCUT2D eigenvalue weighted by molar-refractivity contribution is 7.89. The van der Waals surface area contributed by atoms with Gasteiger partial charge in [0.05, 0.1) is 11.4 Å². The van der Waals surface area contributed by atoms with Crippen LogP contribution < -0.4 is 15.4 Å². The van der Waals surface area contributed by atoms with E-state index in [0.29, 0.717) is 31.2 Å². The van der Waals surface area contributed by atoms with E-state index in [1.165, 1.54) is 13.1 Å². The van der Waals surface area contributed by atoms with Gasteiger partial charge in [0.15, 0.2) is 5.96 Å². The second kappa shape index (κ2) is 9.48. The molecule has 0 amide bonds. The van der Waals surface area contributed by atoms with Gasteiger partial charge in [0.1, 0.15) is 5.82 Å². The standard InChI is InChI=1S/C19H25FN4O2S/c1-4-22-19(24-13-16-6-5-14(2)18(20)11-16)23-12-15-7-9-17(10-8-15)27(25,26)21-3/h5-11,21H,4,12-13H2,1-3H3,(H2,22,23,24). The van der Waals surface area contributed by atoms with E-state index in [1.807, 2.05) is 13.0 Å². The Hall–Kier alpha value is -2.45. The Kier molecular flexibility index (Phi) is 7.32. The number of aliphatic imine (C=N–C) groups is 1. The average molecular weight is 393 g/mol. The van der Waals surface area contributed by atoms with Crippen LogP contribution in [0.5, 0.6) is 0 Å². The zero-order chi connectivity index (χ0) is 19.9. The van der Waals surface area contributed by atoms with Gasteiger partial charge in [0, 0.05) is 13.1 Å². The molecule has 0 atom stereocenters. The molecule has 8 heteroatoms. The molecule has 0 spiro atoms. The fraction of sp³-hybridized carbons (Fsp3) is 0.316. The smallest absolute Gasteiger partial charge is 0.240 e. The number of rotatable bonds is 7. The van der Waals surface area contributed by atoms with Gasteiger partial charge in [-0.05, 0) is 55.8 Å². The number of hydrogen-bond acceptors (Lipinski definition) is 3.